The second-order valence-electron chi connectivity index (χ2n) is 7.37. The number of hydrogen-bond donors (Lipinski definition) is 1. The van der Waals surface area contributed by atoms with E-state index in [2.05, 4.69) is 5.32 Å². The summed E-state index contributed by atoms with van der Waals surface area (Å²) in [6, 6.07) is 4.46. The first-order valence-corrected chi connectivity index (χ1v) is 10.0. The molecule has 1 aromatic rings. The van der Waals surface area contributed by atoms with E-state index in [-0.39, 0.29) is 18.4 Å². The summed E-state index contributed by atoms with van der Waals surface area (Å²) in [6.45, 7) is 2.82. The Balaban J connectivity index is 1.94. The third-order valence-corrected chi connectivity index (χ3v) is 5.60. The molecule has 1 heterocycles. The summed E-state index contributed by atoms with van der Waals surface area (Å²) in [4.78, 5) is 28.0. The molecule has 1 N–H and O–H groups in total. The van der Waals surface area contributed by atoms with Crippen LogP contribution in [-0.4, -0.2) is 55.9 Å². The van der Waals surface area contributed by atoms with Gasteiger partial charge in [0.25, 0.3) is 5.91 Å². The van der Waals surface area contributed by atoms with E-state index in [4.69, 9.17) is 14.2 Å². The first-order chi connectivity index (χ1) is 13.6. The van der Waals surface area contributed by atoms with E-state index in [1.54, 1.807) is 30.2 Å². The van der Waals surface area contributed by atoms with Crippen LogP contribution in [0, 0.1) is 0 Å². The number of nitrogens with one attached hydrogen (secondary N) is 1. The molecule has 7 nitrogen and oxygen atoms in total. The molecule has 2 aliphatic rings. The molecular formula is C21H30N2O5. The Morgan fingerprint density at radius 1 is 1.18 bits per heavy atom. The predicted octanol–water partition coefficient (Wildman–Crippen LogP) is 2.73. The van der Waals surface area contributed by atoms with Crippen LogP contribution < -0.4 is 14.8 Å². The predicted molar refractivity (Wildman–Crippen MR) is 105 cm³/mol. The summed E-state index contributed by atoms with van der Waals surface area (Å²) < 4.78 is 16.8. The highest BCUT2D eigenvalue weighted by Gasteiger charge is 2.52. The van der Waals surface area contributed by atoms with E-state index in [0.29, 0.717) is 23.6 Å². The minimum atomic E-state index is -0.698. The largest absolute Gasteiger partial charge is 0.493 e. The van der Waals surface area contributed by atoms with Crippen LogP contribution in [0.25, 0.3) is 0 Å². The summed E-state index contributed by atoms with van der Waals surface area (Å²) in [5.74, 6) is 0.676. The van der Waals surface area contributed by atoms with E-state index in [0.717, 1.165) is 38.5 Å². The molecule has 1 saturated heterocycles. The molecule has 1 aromatic carbocycles. The minimum absolute atomic E-state index is 0.155. The Kier molecular flexibility index (Phi) is 6.44. The third-order valence-electron chi connectivity index (χ3n) is 5.60. The number of benzene rings is 1. The van der Waals surface area contributed by atoms with Gasteiger partial charge in [-0.2, -0.15) is 0 Å². The van der Waals surface area contributed by atoms with Crippen molar-refractivity contribution in [3.8, 4) is 11.5 Å². The lowest BCUT2D eigenvalue weighted by atomic mass is 9.89. The van der Waals surface area contributed by atoms with Gasteiger partial charge in [-0.05, 0) is 50.3 Å². The quantitative estimate of drug-likeness (QED) is 0.808. The number of carbonyl (C=O) groups is 2. The van der Waals surface area contributed by atoms with E-state index < -0.39 is 11.8 Å². The maximum absolute atomic E-state index is 13.5. The lowest BCUT2D eigenvalue weighted by molar-refractivity contribution is -0.127. The van der Waals surface area contributed by atoms with E-state index in [1.165, 1.54) is 7.11 Å². The smallest absolute Gasteiger partial charge is 0.257 e. The molecule has 1 spiro atoms. The molecular weight excluding hydrogens is 360 g/mol. The third kappa shape index (κ3) is 3.81. The van der Waals surface area contributed by atoms with E-state index >= 15 is 0 Å². The van der Waals surface area contributed by atoms with Crippen molar-refractivity contribution in [2.45, 2.75) is 57.2 Å². The van der Waals surface area contributed by atoms with Gasteiger partial charge in [-0.1, -0.05) is 13.3 Å². The lowest BCUT2D eigenvalue weighted by Crippen LogP contribution is -2.56. The van der Waals surface area contributed by atoms with Gasteiger partial charge in [0, 0.05) is 12.1 Å². The van der Waals surface area contributed by atoms with E-state index in [1.807, 2.05) is 6.92 Å². The zero-order valence-corrected chi connectivity index (χ0v) is 17.0. The normalized spacial score (nSPS) is 20.8. The van der Waals surface area contributed by atoms with Crippen LogP contribution in [0.1, 0.15) is 55.8 Å². The molecule has 1 unspecified atom stereocenters. The highest BCUT2D eigenvalue weighted by Crippen LogP contribution is 2.42. The van der Waals surface area contributed by atoms with Gasteiger partial charge in [-0.15, -0.1) is 0 Å². The molecule has 1 aliphatic heterocycles. The zero-order chi connectivity index (χ0) is 20.1. The molecule has 0 radical (unpaired) electrons. The number of nitrogens with zero attached hydrogens (tertiary/aromatic N) is 1. The Hall–Kier alpha value is -2.28. The van der Waals surface area contributed by atoms with Gasteiger partial charge in [0.2, 0.25) is 5.91 Å². The molecule has 7 heteroatoms. The monoisotopic (exact) mass is 390 g/mol. The minimum Gasteiger partial charge on any atom is -0.493 e. The van der Waals surface area contributed by atoms with Crippen molar-refractivity contribution < 1.29 is 23.8 Å². The lowest BCUT2D eigenvalue weighted by Gasteiger charge is -2.41. The Labute approximate surface area is 166 Å². The number of hydrogen-bond acceptors (Lipinski definition) is 5. The zero-order valence-electron chi connectivity index (χ0n) is 17.0. The summed E-state index contributed by atoms with van der Waals surface area (Å²) in [7, 11) is 3.09. The Bertz CT molecular complexity index is 715. The fraction of sp³-hybridized carbons (Fsp3) is 0.619. The van der Waals surface area contributed by atoms with Gasteiger partial charge in [0.1, 0.15) is 11.8 Å². The van der Waals surface area contributed by atoms with Crippen molar-refractivity contribution >= 4 is 11.8 Å². The number of amides is 2. The van der Waals surface area contributed by atoms with Crippen LogP contribution in [0.2, 0.25) is 0 Å². The topological polar surface area (TPSA) is 77.1 Å². The summed E-state index contributed by atoms with van der Waals surface area (Å²) in [5.41, 5.74) is -0.238. The van der Waals surface area contributed by atoms with Gasteiger partial charge < -0.3 is 19.5 Å². The molecule has 2 fully saturated rings. The average Bonchev–Trinajstić information content (AvgIpc) is 3.09. The number of carbonyl (C=O) groups excluding carboxylic acids is 2. The van der Waals surface area contributed by atoms with Crippen LogP contribution in [0.15, 0.2) is 18.2 Å². The molecule has 0 bridgehead atoms. The van der Waals surface area contributed by atoms with Crippen molar-refractivity contribution in [3.63, 3.8) is 0 Å². The first kappa shape index (κ1) is 20.5. The van der Waals surface area contributed by atoms with Crippen LogP contribution in [-0.2, 0) is 9.53 Å². The van der Waals surface area contributed by atoms with Crippen molar-refractivity contribution in [1.82, 2.24) is 10.2 Å². The van der Waals surface area contributed by atoms with Crippen molar-refractivity contribution in [1.29, 1.82) is 0 Å². The molecule has 28 heavy (non-hydrogen) atoms. The second kappa shape index (κ2) is 8.82. The standard InChI is InChI=1S/C21H30N2O5/c1-4-12-22-19(24)16-14-28-21(10-6-5-7-11-21)23(16)20(25)15-8-9-17(26-2)18(13-15)27-3/h8-9,13,16H,4-7,10-12,14H2,1-3H3,(H,22,24). The fourth-order valence-corrected chi connectivity index (χ4v) is 4.15. The molecule has 1 saturated carbocycles. The molecule has 1 atom stereocenters. The maximum Gasteiger partial charge on any atom is 0.257 e. The van der Waals surface area contributed by atoms with Crippen molar-refractivity contribution in [3.05, 3.63) is 23.8 Å². The summed E-state index contributed by atoms with van der Waals surface area (Å²) in [5, 5.41) is 2.92. The molecule has 1 aliphatic carbocycles. The summed E-state index contributed by atoms with van der Waals surface area (Å²) >= 11 is 0. The first-order valence-electron chi connectivity index (χ1n) is 10.0. The van der Waals surface area contributed by atoms with Gasteiger partial charge in [0.15, 0.2) is 11.5 Å². The van der Waals surface area contributed by atoms with Crippen molar-refractivity contribution in [2.75, 3.05) is 27.4 Å². The SMILES string of the molecule is CCCNC(=O)C1COC2(CCCCC2)N1C(=O)c1ccc(OC)c(OC)c1. The molecule has 154 valence electrons. The average molecular weight is 390 g/mol. The second-order valence-corrected chi connectivity index (χ2v) is 7.37. The number of ether oxygens (including phenoxy) is 3. The van der Waals surface area contributed by atoms with Crippen LogP contribution >= 0.6 is 0 Å². The highest BCUT2D eigenvalue weighted by atomic mass is 16.5. The highest BCUT2D eigenvalue weighted by molar-refractivity contribution is 5.99. The number of methoxy groups -OCH3 is 2. The fourth-order valence-electron chi connectivity index (χ4n) is 4.15. The van der Waals surface area contributed by atoms with Gasteiger partial charge >= 0.3 is 0 Å². The Morgan fingerprint density at radius 2 is 1.89 bits per heavy atom. The van der Waals surface area contributed by atoms with Crippen LogP contribution in [0.4, 0.5) is 0 Å². The number of rotatable bonds is 6. The van der Waals surface area contributed by atoms with Gasteiger partial charge in [0.05, 0.1) is 20.8 Å². The van der Waals surface area contributed by atoms with Gasteiger partial charge in [-0.3, -0.25) is 14.5 Å². The van der Waals surface area contributed by atoms with E-state index in [9.17, 15) is 9.59 Å². The Morgan fingerprint density at radius 3 is 2.54 bits per heavy atom. The van der Waals surface area contributed by atoms with Crippen LogP contribution in [0.3, 0.4) is 0 Å². The molecule has 2 amide bonds. The summed E-state index contributed by atoms with van der Waals surface area (Å²) in [6.07, 6.45) is 5.44. The van der Waals surface area contributed by atoms with Gasteiger partial charge in [-0.25, -0.2) is 0 Å². The molecule has 3 rings (SSSR count). The molecule has 0 aromatic heterocycles. The van der Waals surface area contributed by atoms with Crippen molar-refractivity contribution in [2.24, 2.45) is 0 Å². The maximum atomic E-state index is 13.5. The van der Waals surface area contributed by atoms with Crippen LogP contribution in [0.5, 0.6) is 11.5 Å².